The van der Waals surface area contributed by atoms with Crippen molar-refractivity contribution in [3.8, 4) is 0 Å². The predicted octanol–water partition coefficient (Wildman–Crippen LogP) is 4.09. The fraction of sp³-hybridized carbons (Fsp3) is 0.320. The summed E-state index contributed by atoms with van der Waals surface area (Å²) in [6.07, 6.45) is 2.84. The van der Waals surface area contributed by atoms with Gasteiger partial charge in [-0.25, -0.2) is 4.79 Å². The number of fused-ring (bicyclic) bond motifs is 1. The van der Waals surface area contributed by atoms with Gasteiger partial charge in [0.25, 0.3) is 5.91 Å². The molecule has 2 aromatic carbocycles. The fourth-order valence-corrected chi connectivity index (χ4v) is 4.72. The van der Waals surface area contributed by atoms with E-state index in [-0.39, 0.29) is 22.9 Å². The van der Waals surface area contributed by atoms with E-state index >= 15 is 0 Å². The minimum absolute atomic E-state index is 0.0852. The number of aryl methyl sites for hydroxylation is 2. The number of amides is 2. The Balaban J connectivity index is 1.40. The topological polar surface area (TPSA) is 126 Å². The summed E-state index contributed by atoms with van der Waals surface area (Å²) in [5.41, 5.74) is 1.48. The van der Waals surface area contributed by atoms with E-state index in [9.17, 15) is 19.5 Å². The van der Waals surface area contributed by atoms with Gasteiger partial charge in [-0.15, -0.1) is 10.2 Å². The highest BCUT2D eigenvalue weighted by molar-refractivity contribution is 6.37. The van der Waals surface area contributed by atoms with Crippen LogP contribution in [0.1, 0.15) is 53.4 Å². The van der Waals surface area contributed by atoms with E-state index in [1.807, 2.05) is 11.5 Å². The van der Waals surface area contributed by atoms with Crippen molar-refractivity contribution in [3.63, 3.8) is 0 Å². The molecule has 36 heavy (non-hydrogen) atoms. The number of nitrogens with one attached hydrogen (secondary N) is 2. The van der Waals surface area contributed by atoms with Crippen LogP contribution in [-0.4, -0.2) is 43.7 Å². The Bertz CT molecular complexity index is 1290. The van der Waals surface area contributed by atoms with Crippen LogP contribution in [0.5, 0.6) is 0 Å². The first kappa shape index (κ1) is 25.7. The van der Waals surface area contributed by atoms with E-state index < -0.39 is 24.0 Å². The standard InChI is InChI=1S/C25H25Cl2N5O4/c1-2-3-21-30-31-22-11-10-20(32(21)22)24(34)29-19(25(35)36)12-14-4-7-16(8-5-14)28-23(33)17-9-6-15(26)13-18(17)27/h4-9,13,19-20H,2-3,10-12H2,1H3,(H,28,33)(H,29,34)(H,35,36). The van der Waals surface area contributed by atoms with Crippen molar-refractivity contribution >= 4 is 46.7 Å². The highest BCUT2D eigenvalue weighted by Gasteiger charge is 2.34. The number of hydrogen-bond donors (Lipinski definition) is 3. The highest BCUT2D eigenvalue weighted by atomic mass is 35.5. The van der Waals surface area contributed by atoms with Gasteiger partial charge in [0.2, 0.25) is 5.91 Å². The average molecular weight is 530 g/mol. The molecule has 1 aliphatic rings. The Labute approximate surface area is 217 Å². The number of carbonyl (C=O) groups is 3. The Kier molecular flexibility index (Phi) is 7.91. The Morgan fingerprint density at radius 1 is 1.14 bits per heavy atom. The molecule has 1 aliphatic heterocycles. The molecule has 2 atom stereocenters. The first-order valence-corrected chi connectivity index (χ1v) is 12.3. The van der Waals surface area contributed by atoms with Crippen LogP contribution in [0.4, 0.5) is 5.69 Å². The van der Waals surface area contributed by atoms with E-state index in [0.29, 0.717) is 35.5 Å². The van der Waals surface area contributed by atoms with Gasteiger partial charge in [-0.1, -0.05) is 42.3 Å². The summed E-state index contributed by atoms with van der Waals surface area (Å²) in [6, 6.07) is 9.70. The molecule has 2 amide bonds. The zero-order valence-corrected chi connectivity index (χ0v) is 21.0. The van der Waals surface area contributed by atoms with E-state index in [1.54, 1.807) is 30.3 Å². The molecule has 3 aromatic rings. The van der Waals surface area contributed by atoms with E-state index in [1.165, 1.54) is 12.1 Å². The molecule has 0 aliphatic carbocycles. The molecule has 0 radical (unpaired) electrons. The maximum absolute atomic E-state index is 13.0. The lowest BCUT2D eigenvalue weighted by molar-refractivity contribution is -0.142. The molecule has 0 saturated carbocycles. The molecule has 188 valence electrons. The van der Waals surface area contributed by atoms with Gasteiger partial charge in [-0.05, 0) is 48.7 Å². The number of carbonyl (C=O) groups excluding carboxylic acids is 2. The number of carboxylic acid groups (broad SMARTS) is 1. The van der Waals surface area contributed by atoms with Gasteiger partial charge in [-0.3, -0.25) is 9.59 Å². The van der Waals surface area contributed by atoms with Gasteiger partial charge in [0.1, 0.15) is 23.7 Å². The van der Waals surface area contributed by atoms with Crippen molar-refractivity contribution in [2.24, 2.45) is 0 Å². The molecule has 3 N–H and O–H groups in total. The minimum atomic E-state index is -1.13. The van der Waals surface area contributed by atoms with Crippen molar-refractivity contribution < 1.29 is 19.5 Å². The lowest BCUT2D eigenvalue weighted by Gasteiger charge is -2.19. The van der Waals surface area contributed by atoms with Gasteiger partial charge in [0.05, 0.1) is 10.6 Å². The molecule has 2 unspecified atom stereocenters. The zero-order chi connectivity index (χ0) is 25.8. The molecule has 0 fully saturated rings. The third-order valence-corrected chi connectivity index (χ3v) is 6.56. The van der Waals surface area contributed by atoms with Crippen LogP contribution >= 0.6 is 23.2 Å². The first-order chi connectivity index (χ1) is 17.3. The maximum atomic E-state index is 13.0. The smallest absolute Gasteiger partial charge is 0.326 e. The molecule has 1 aromatic heterocycles. The Hall–Kier alpha value is -3.43. The average Bonchev–Trinajstić information content (AvgIpc) is 3.43. The summed E-state index contributed by atoms with van der Waals surface area (Å²) < 4.78 is 1.84. The van der Waals surface area contributed by atoms with Gasteiger partial charge in [-0.2, -0.15) is 0 Å². The van der Waals surface area contributed by atoms with Crippen LogP contribution in [0, 0.1) is 0 Å². The number of anilines is 1. The fourth-order valence-electron chi connectivity index (χ4n) is 4.23. The molecule has 0 saturated heterocycles. The summed E-state index contributed by atoms with van der Waals surface area (Å²) in [5, 5.41) is 24.2. The molecule has 11 heteroatoms. The molecular weight excluding hydrogens is 505 g/mol. The lowest BCUT2D eigenvalue weighted by atomic mass is 10.0. The second kappa shape index (κ2) is 11.1. The van der Waals surface area contributed by atoms with Crippen molar-refractivity contribution in [3.05, 3.63) is 75.3 Å². The van der Waals surface area contributed by atoms with Crippen molar-refractivity contribution in [2.45, 2.75) is 51.1 Å². The van der Waals surface area contributed by atoms with Gasteiger partial charge in [0.15, 0.2) is 0 Å². The Morgan fingerprint density at radius 3 is 2.56 bits per heavy atom. The predicted molar refractivity (Wildman–Crippen MR) is 136 cm³/mol. The second-order valence-corrected chi connectivity index (χ2v) is 9.43. The molecule has 2 heterocycles. The van der Waals surface area contributed by atoms with Crippen LogP contribution < -0.4 is 10.6 Å². The lowest BCUT2D eigenvalue weighted by Crippen LogP contribution is -2.45. The normalized spacial score (nSPS) is 15.2. The molecule has 9 nitrogen and oxygen atoms in total. The van der Waals surface area contributed by atoms with E-state index in [0.717, 1.165) is 18.1 Å². The maximum Gasteiger partial charge on any atom is 0.326 e. The SMILES string of the molecule is CCCc1nnc2n1C(C(=O)NC(Cc1ccc(NC(=O)c3ccc(Cl)cc3Cl)cc1)C(=O)O)CC2. The number of nitrogens with zero attached hydrogens (tertiary/aromatic N) is 3. The number of rotatable bonds is 9. The van der Waals surface area contributed by atoms with Crippen LogP contribution in [0.2, 0.25) is 10.0 Å². The molecule has 0 spiro atoms. The monoisotopic (exact) mass is 529 g/mol. The summed E-state index contributed by atoms with van der Waals surface area (Å²) in [5.74, 6) is -0.388. The third-order valence-electron chi connectivity index (χ3n) is 6.01. The molecule has 4 rings (SSSR count). The number of halogens is 2. The third kappa shape index (κ3) is 5.68. The number of benzene rings is 2. The summed E-state index contributed by atoms with van der Waals surface area (Å²) in [7, 11) is 0. The number of aromatic nitrogens is 3. The van der Waals surface area contributed by atoms with Crippen molar-refractivity contribution in [2.75, 3.05) is 5.32 Å². The number of hydrogen-bond acceptors (Lipinski definition) is 5. The van der Waals surface area contributed by atoms with Crippen LogP contribution in [0.15, 0.2) is 42.5 Å². The zero-order valence-electron chi connectivity index (χ0n) is 19.5. The van der Waals surface area contributed by atoms with Gasteiger partial charge >= 0.3 is 5.97 Å². The van der Waals surface area contributed by atoms with Crippen molar-refractivity contribution in [1.29, 1.82) is 0 Å². The quantitative estimate of drug-likeness (QED) is 0.383. The second-order valence-electron chi connectivity index (χ2n) is 8.59. The van der Waals surface area contributed by atoms with Crippen LogP contribution in [0.3, 0.4) is 0 Å². The highest BCUT2D eigenvalue weighted by Crippen LogP contribution is 2.27. The summed E-state index contributed by atoms with van der Waals surface area (Å²) in [4.78, 5) is 37.4. The van der Waals surface area contributed by atoms with Crippen LogP contribution in [0.25, 0.3) is 0 Å². The van der Waals surface area contributed by atoms with Crippen molar-refractivity contribution in [1.82, 2.24) is 20.1 Å². The first-order valence-electron chi connectivity index (χ1n) is 11.6. The van der Waals surface area contributed by atoms with E-state index in [2.05, 4.69) is 20.8 Å². The molecule has 0 bridgehead atoms. The van der Waals surface area contributed by atoms with Gasteiger partial charge in [0, 0.05) is 30.0 Å². The van der Waals surface area contributed by atoms with Crippen LogP contribution in [-0.2, 0) is 28.9 Å². The summed E-state index contributed by atoms with van der Waals surface area (Å²) in [6.45, 7) is 2.02. The molecular formula is C25H25Cl2N5O4. The summed E-state index contributed by atoms with van der Waals surface area (Å²) >= 11 is 12.0. The number of carboxylic acids is 1. The van der Waals surface area contributed by atoms with E-state index in [4.69, 9.17) is 23.2 Å². The largest absolute Gasteiger partial charge is 0.480 e. The minimum Gasteiger partial charge on any atom is -0.480 e. The van der Waals surface area contributed by atoms with Gasteiger partial charge < -0.3 is 20.3 Å². The number of aliphatic carboxylic acids is 1. The Morgan fingerprint density at radius 2 is 1.89 bits per heavy atom.